The summed E-state index contributed by atoms with van der Waals surface area (Å²) in [6, 6.07) is 9.37. The van der Waals surface area contributed by atoms with Gasteiger partial charge in [0, 0.05) is 36.9 Å². The van der Waals surface area contributed by atoms with E-state index in [0.717, 1.165) is 23.7 Å². The van der Waals surface area contributed by atoms with Crippen LogP contribution in [0.15, 0.2) is 79.8 Å². The predicted octanol–water partition coefficient (Wildman–Crippen LogP) is 4.29. The molecule has 5 aromatic rings. The fourth-order valence-electron chi connectivity index (χ4n) is 2.88. The van der Waals surface area contributed by atoms with Crippen LogP contribution >= 0.6 is 11.6 Å². The molecule has 5 rings (SSSR count). The largest absolute Gasteiger partial charge is 0.397 e. The van der Waals surface area contributed by atoms with Crippen molar-refractivity contribution in [2.24, 2.45) is 0 Å². The molecule has 5 aromatic heterocycles. The maximum Gasteiger partial charge on any atom is 0.287 e. The van der Waals surface area contributed by atoms with Crippen LogP contribution in [0, 0.1) is 34.1 Å². The van der Waals surface area contributed by atoms with Crippen molar-refractivity contribution in [2.75, 3.05) is 5.73 Å². The molecule has 0 fully saturated rings. The number of nitro groups is 2. The Labute approximate surface area is 220 Å². The van der Waals surface area contributed by atoms with Gasteiger partial charge in [0.25, 0.3) is 11.4 Å². The van der Waals surface area contributed by atoms with Crippen molar-refractivity contribution < 1.29 is 9.85 Å². The molecule has 194 valence electrons. The lowest BCUT2D eigenvalue weighted by Crippen LogP contribution is -1.99. The Bertz CT molecular complexity index is 1500. The van der Waals surface area contributed by atoms with E-state index in [2.05, 4.69) is 24.9 Å². The number of nitrogens with two attached hydrogens (primary N) is 1. The molecule has 15 heteroatoms. The Hall–Kier alpha value is -5.24. The highest BCUT2D eigenvalue weighted by Crippen LogP contribution is 2.13. The summed E-state index contributed by atoms with van der Waals surface area (Å²) in [5, 5.41) is 20.7. The number of hydrogen-bond acceptors (Lipinski definition) is 10. The minimum absolute atomic E-state index is 0.0171. The third kappa shape index (κ3) is 7.38. The van der Waals surface area contributed by atoms with Crippen molar-refractivity contribution in [3.05, 3.63) is 117 Å². The average Bonchev–Trinajstić information content (AvgIpc) is 3.53. The highest BCUT2D eigenvalue weighted by atomic mass is 35.5. The van der Waals surface area contributed by atoms with Gasteiger partial charge in [-0.2, -0.15) is 0 Å². The molecular weight excluding hydrogens is 516 g/mol. The van der Waals surface area contributed by atoms with Gasteiger partial charge in [-0.25, -0.2) is 24.9 Å². The zero-order valence-electron chi connectivity index (χ0n) is 20.1. The first-order valence-corrected chi connectivity index (χ1v) is 11.1. The molecule has 0 saturated heterocycles. The van der Waals surface area contributed by atoms with Crippen molar-refractivity contribution in [1.82, 2.24) is 34.1 Å². The van der Waals surface area contributed by atoms with Gasteiger partial charge in [-0.15, -0.1) is 0 Å². The van der Waals surface area contributed by atoms with Gasteiger partial charge >= 0.3 is 0 Å². The molecule has 0 radical (unpaired) electrons. The molecule has 0 saturated carbocycles. The minimum Gasteiger partial charge on any atom is -0.397 e. The van der Waals surface area contributed by atoms with E-state index in [-0.39, 0.29) is 16.5 Å². The fraction of sp³-hybridized carbons (Fsp3) is 0.0870. The van der Waals surface area contributed by atoms with E-state index in [1.807, 2.05) is 36.7 Å². The van der Waals surface area contributed by atoms with Crippen LogP contribution in [0.25, 0.3) is 11.6 Å². The number of aromatic nitrogens is 7. The molecule has 14 nitrogen and oxygen atoms in total. The smallest absolute Gasteiger partial charge is 0.287 e. The van der Waals surface area contributed by atoms with Crippen LogP contribution in [-0.2, 0) is 0 Å². The first kappa shape index (κ1) is 27.3. The van der Waals surface area contributed by atoms with E-state index in [4.69, 9.17) is 17.3 Å². The Balaban J connectivity index is 0.000000161. The monoisotopic (exact) mass is 536 g/mol. The third-order valence-corrected chi connectivity index (χ3v) is 5.01. The lowest BCUT2D eigenvalue weighted by molar-refractivity contribution is -0.385. The van der Waals surface area contributed by atoms with Crippen LogP contribution in [-0.4, -0.2) is 43.9 Å². The van der Waals surface area contributed by atoms with E-state index < -0.39 is 9.85 Å². The first-order chi connectivity index (χ1) is 18.2. The van der Waals surface area contributed by atoms with E-state index in [1.165, 1.54) is 24.4 Å². The van der Waals surface area contributed by atoms with E-state index in [1.54, 1.807) is 35.4 Å². The number of nitrogen functional groups attached to an aromatic ring is 1. The quantitative estimate of drug-likeness (QED) is 0.197. The summed E-state index contributed by atoms with van der Waals surface area (Å²) in [6.07, 6.45) is 11.0. The predicted molar refractivity (Wildman–Crippen MR) is 139 cm³/mol. The molecule has 0 spiro atoms. The number of nitrogens with zero attached hydrogens (tertiary/aromatic N) is 9. The van der Waals surface area contributed by atoms with Crippen LogP contribution < -0.4 is 5.73 Å². The Kier molecular flexibility index (Phi) is 9.10. The zero-order valence-corrected chi connectivity index (χ0v) is 20.9. The van der Waals surface area contributed by atoms with Crippen molar-refractivity contribution in [2.45, 2.75) is 13.8 Å². The molecule has 2 N–H and O–H groups in total. The molecule has 0 unspecified atom stereocenters. The van der Waals surface area contributed by atoms with Gasteiger partial charge in [0.1, 0.15) is 40.8 Å². The second-order valence-corrected chi connectivity index (χ2v) is 7.75. The van der Waals surface area contributed by atoms with Crippen LogP contribution in [0.3, 0.4) is 0 Å². The van der Waals surface area contributed by atoms with Crippen molar-refractivity contribution in [3.63, 3.8) is 0 Å². The standard InChI is InChI=1S/C9H8N4O2.C9H10N4.C5H3ClN2O2/c1-7-10-4-5-12(7)9-3-2-8(6-11-9)13(14)15;1-7-11-4-5-13(7)9-3-2-8(10)6-12-9;6-5-2-1-4(3-7-5)8(9)10/h2-6H,1H3;2-6H,10H2,1H3;1-3H. The summed E-state index contributed by atoms with van der Waals surface area (Å²) in [4.78, 5) is 39.3. The van der Waals surface area contributed by atoms with Crippen LogP contribution in [0.5, 0.6) is 0 Å². The molecule has 0 aliphatic heterocycles. The highest BCUT2D eigenvalue weighted by molar-refractivity contribution is 6.29. The molecule has 0 aliphatic carbocycles. The van der Waals surface area contributed by atoms with Gasteiger partial charge < -0.3 is 5.73 Å². The summed E-state index contributed by atoms with van der Waals surface area (Å²) in [5.74, 6) is 3.16. The Morgan fingerprint density at radius 3 is 1.53 bits per heavy atom. The van der Waals surface area contributed by atoms with Crippen LogP contribution in [0.4, 0.5) is 17.1 Å². The minimum atomic E-state index is -0.524. The summed E-state index contributed by atoms with van der Waals surface area (Å²) in [5.41, 5.74) is 6.13. The Morgan fingerprint density at radius 1 is 0.711 bits per heavy atom. The summed E-state index contributed by atoms with van der Waals surface area (Å²) < 4.78 is 3.66. The number of hydrogen-bond donors (Lipinski definition) is 1. The summed E-state index contributed by atoms with van der Waals surface area (Å²) in [7, 11) is 0. The number of pyridine rings is 3. The van der Waals surface area contributed by atoms with Crippen molar-refractivity contribution in [1.29, 1.82) is 0 Å². The van der Waals surface area contributed by atoms with Crippen molar-refractivity contribution >= 4 is 28.7 Å². The topological polar surface area (TPSA) is 187 Å². The number of halogens is 1. The molecule has 5 heterocycles. The highest BCUT2D eigenvalue weighted by Gasteiger charge is 2.07. The Morgan fingerprint density at radius 2 is 1.18 bits per heavy atom. The van der Waals surface area contributed by atoms with E-state index >= 15 is 0 Å². The van der Waals surface area contributed by atoms with Gasteiger partial charge in [0.15, 0.2) is 0 Å². The van der Waals surface area contributed by atoms with Crippen molar-refractivity contribution in [3.8, 4) is 11.6 Å². The van der Waals surface area contributed by atoms with E-state index in [9.17, 15) is 20.2 Å². The van der Waals surface area contributed by atoms with Gasteiger partial charge in [-0.05, 0) is 38.1 Å². The third-order valence-electron chi connectivity index (χ3n) is 4.78. The maximum absolute atomic E-state index is 10.4. The normalized spacial score (nSPS) is 9.97. The molecule has 0 amide bonds. The molecule has 0 atom stereocenters. The fourth-order valence-corrected chi connectivity index (χ4v) is 3.00. The number of anilines is 1. The maximum atomic E-state index is 10.4. The van der Waals surface area contributed by atoms with Crippen LogP contribution in [0.2, 0.25) is 5.15 Å². The summed E-state index contributed by atoms with van der Waals surface area (Å²) >= 11 is 5.38. The molecule has 0 aromatic carbocycles. The lowest BCUT2D eigenvalue weighted by atomic mass is 10.4. The second-order valence-electron chi connectivity index (χ2n) is 7.37. The summed E-state index contributed by atoms with van der Waals surface area (Å²) in [6.45, 7) is 3.77. The van der Waals surface area contributed by atoms with Gasteiger partial charge in [0.05, 0.1) is 21.7 Å². The first-order valence-electron chi connectivity index (χ1n) is 10.7. The van der Waals surface area contributed by atoms with E-state index in [0.29, 0.717) is 11.5 Å². The molecule has 38 heavy (non-hydrogen) atoms. The van der Waals surface area contributed by atoms with Gasteiger partial charge in [0.2, 0.25) is 0 Å². The number of rotatable bonds is 4. The molecule has 0 aliphatic rings. The SMILES string of the molecule is Cc1nccn1-c1ccc(N)cn1.Cc1nccn1-c1ccc([N+](=O)[O-])cn1.O=[N+]([O-])c1ccc(Cl)nc1. The zero-order chi connectivity index (χ0) is 27.7. The number of imidazole rings is 2. The molecule has 0 bridgehead atoms. The second kappa shape index (κ2) is 12.6. The number of aryl methyl sites for hydroxylation is 2. The van der Waals surface area contributed by atoms with Gasteiger partial charge in [-0.1, -0.05) is 11.6 Å². The van der Waals surface area contributed by atoms with Gasteiger partial charge in [-0.3, -0.25) is 29.4 Å². The molecular formula is C23H21ClN10O4. The van der Waals surface area contributed by atoms with Crippen LogP contribution in [0.1, 0.15) is 11.6 Å². The lowest BCUT2D eigenvalue weighted by Gasteiger charge is -2.02. The average molecular weight is 537 g/mol.